The topological polar surface area (TPSA) is 95.5 Å². The largest absolute Gasteiger partial charge is 1.00 e. The third kappa shape index (κ3) is 10.7. The van der Waals surface area contributed by atoms with Gasteiger partial charge >= 0.3 is 57.5 Å². The SMILES string of the molecule is CCC(C)OC(=O)NS(=O)(=O)[O-].[K+]. The van der Waals surface area contributed by atoms with Gasteiger partial charge in [-0.3, -0.25) is 0 Å². The predicted octanol–water partition coefficient (Wildman–Crippen LogP) is -3.02. The Morgan fingerprint density at radius 1 is 1.62 bits per heavy atom. The number of hydrogen-bond acceptors (Lipinski definition) is 5. The Morgan fingerprint density at radius 3 is 2.38 bits per heavy atom. The number of carbonyl (C=O) groups excluding carboxylic acids is 1. The van der Waals surface area contributed by atoms with E-state index in [4.69, 9.17) is 0 Å². The van der Waals surface area contributed by atoms with E-state index < -0.39 is 22.5 Å². The molecule has 0 heterocycles. The molecule has 0 spiro atoms. The van der Waals surface area contributed by atoms with Crippen molar-refractivity contribution in [1.29, 1.82) is 0 Å². The summed E-state index contributed by atoms with van der Waals surface area (Å²) in [5, 5.41) is 0. The van der Waals surface area contributed by atoms with Crippen LogP contribution in [-0.2, 0) is 15.0 Å². The average molecular weight is 235 g/mol. The summed E-state index contributed by atoms with van der Waals surface area (Å²) in [5.41, 5.74) is 0. The van der Waals surface area contributed by atoms with Crippen LogP contribution in [0.1, 0.15) is 20.3 Å². The monoisotopic (exact) mass is 235 g/mol. The number of amides is 1. The average Bonchev–Trinajstić information content (AvgIpc) is 1.82. The zero-order valence-corrected chi connectivity index (χ0v) is 11.7. The molecule has 0 aliphatic rings. The van der Waals surface area contributed by atoms with Crippen LogP contribution < -0.4 is 56.1 Å². The number of carbonyl (C=O) groups is 1. The number of rotatable bonds is 3. The molecule has 0 aromatic rings. The van der Waals surface area contributed by atoms with Gasteiger partial charge in [-0.25, -0.2) is 17.9 Å². The second-order valence-electron chi connectivity index (χ2n) is 2.18. The van der Waals surface area contributed by atoms with Gasteiger partial charge < -0.3 is 9.29 Å². The van der Waals surface area contributed by atoms with Gasteiger partial charge in [0, 0.05) is 0 Å². The molecule has 6 nitrogen and oxygen atoms in total. The summed E-state index contributed by atoms with van der Waals surface area (Å²) in [6.45, 7) is 3.33. The first-order valence-electron chi connectivity index (χ1n) is 3.29. The standard InChI is InChI=1S/C5H11NO5S.K/c1-3-4(2)11-5(7)6-12(8,9)10;/h4H,3H2,1-2H3,(H,6,7)(H,8,9,10);/q;+1/p-1. The molecule has 0 aromatic carbocycles. The molecule has 1 atom stereocenters. The first-order valence-corrected chi connectivity index (χ1v) is 4.70. The molecule has 1 N–H and O–H groups in total. The van der Waals surface area contributed by atoms with E-state index in [1.54, 1.807) is 13.8 Å². The molecule has 0 aliphatic carbocycles. The van der Waals surface area contributed by atoms with Crippen LogP contribution in [-0.4, -0.2) is 25.2 Å². The van der Waals surface area contributed by atoms with Crippen LogP contribution in [0.5, 0.6) is 0 Å². The fourth-order valence-electron chi connectivity index (χ4n) is 0.392. The van der Waals surface area contributed by atoms with Crippen molar-refractivity contribution in [2.75, 3.05) is 0 Å². The van der Waals surface area contributed by atoms with Gasteiger partial charge in [0.05, 0.1) is 0 Å². The van der Waals surface area contributed by atoms with E-state index in [-0.39, 0.29) is 51.4 Å². The van der Waals surface area contributed by atoms with Gasteiger partial charge in [0.1, 0.15) is 6.10 Å². The summed E-state index contributed by atoms with van der Waals surface area (Å²) in [6.07, 6.45) is -1.10. The zero-order chi connectivity index (χ0) is 9.78. The van der Waals surface area contributed by atoms with Crippen LogP contribution >= 0.6 is 0 Å². The Labute approximate surface area is 120 Å². The van der Waals surface area contributed by atoms with Gasteiger partial charge in [-0.05, 0) is 13.3 Å². The minimum Gasteiger partial charge on any atom is -0.731 e. The molecule has 8 heteroatoms. The van der Waals surface area contributed by atoms with Crippen LogP contribution in [0, 0.1) is 0 Å². The molecular weight excluding hydrogens is 225 g/mol. The summed E-state index contributed by atoms with van der Waals surface area (Å²) in [6, 6.07) is 0. The van der Waals surface area contributed by atoms with Crippen LogP contribution in [0.3, 0.4) is 0 Å². The Hall–Kier alpha value is 0.816. The van der Waals surface area contributed by atoms with Crippen molar-refractivity contribution in [3.63, 3.8) is 0 Å². The van der Waals surface area contributed by atoms with E-state index >= 15 is 0 Å². The smallest absolute Gasteiger partial charge is 0.731 e. The molecular formula is C5H10KNO5S. The van der Waals surface area contributed by atoms with E-state index in [0.717, 1.165) is 4.72 Å². The van der Waals surface area contributed by atoms with Crippen LogP contribution in [0.25, 0.3) is 0 Å². The third-order valence-corrected chi connectivity index (χ3v) is 1.51. The zero-order valence-electron chi connectivity index (χ0n) is 7.73. The van der Waals surface area contributed by atoms with E-state index in [1.807, 2.05) is 0 Å². The van der Waals surface area contributed by atoms with Crippen LogP contribution in [0.4, 0.5) is 4.79 Å². The second kappa shape index (κ2) is 7.15. The van der Waals surface area contributed by atoms with E-state index in [2.05, 4.69) is 4.74 Å². The van der Waals surface area contributed by atoms with Crippen molar-refractivity contribution >= 4 is 16.4 Å². The van der Waals surface area contributed by atoms with Gasteiger partial charge in [-0.1, -0.05) is 6.92 Å². The summed E-state index contributed by atoms with van der Waals surface area (Å²) in [5.74, 6) is 0. The molecule has 0 fully saturated rings. The normalized spacial score (nSPS) is 12.5. The molecule has 13 heavy (non-hydrogen) atoms. The summed E-state index contributed by atoms with van der Waals surface area (Å²) in [7, 11) is -4.75. The van der Waals surface area contributed by atoms with E-state index in [0.29, 0.717) is 6.42 Å². The van der Waals surface area contributed by atoms with Crippen molar-refractivity contribution in [2.24, 2.45) is 0 Å². The fraction of sp³-hybridized carbons (Fsp3) is 0.800. The number of hydrogen-bond donors (Lipinski definition) is 1. The van der Waals surface area contributed by atoms with Gasteiger partial charge in [0.2, 0.25) is 0 Å². The first kappa shape index (κ1) is 16.3. The van der Waals surface area contributed by atoms with Crippen molar-refractivity contribution in [1.82, 2.24) is 4.72 Å². The predicted molar refractivity (Wildman–Crippen MR) is 39.1 cm³/mol. The number of nitrogens with one attached hydrogen (secondary N) is 1. The van der Waals surface area contributed by atoms with Crippen LogP contribution in [0.2, 0.25) is 0 Å². The van der Waals surface area contributed by atoms with Crippen molar-refractivity contribution < 1.29 is 73.9 Å². The summed E-state index contributed by atoms with van der Waals surface area (Å²) >= 11 is 0. The Kier molecular flexibility index (Phi) is 8.94. The maximum atomic E-state index is 10.5. The first-order chi connectivity index (χ1) is 5.35. The van der Waals surface area contributed by atoms with Gasteiger partial charge in [-0.15, -0.1) is 0 Å². The van der Waals surface area contributed by atoms with Gasteiger partial charge in [-0.2, -0.15) is 0 Å². The Balaban J connectivity index is 0. The maximum absolute atomic E-state index is 10.5. The summed E-state index contributed by atoms with van der Waals surface area (Å²) in [4.78, 5) is 10.5. The maximum Gasteiger partial charge on any atom is 1.00 e. The van der Waals surface area contributed by atoms with Gasteiger partial charge in [0.15, 0.2) is 10.3 Å². The van der Waals surface area contributed by atoms with Gasteiger partial charge in [0.25, 0.3) is 0 Å². The quantitative estimate of drug-likeness (QED) is 0.415. The molecule has 0 bridgehead atoms. The van der Waals surface area contributed by atoms with Crippen molar-refractivity contribution in [3.8, 4) is 0 Å². The van der Waals surface area contributed by atoms with E-state index in [9.17, 15) is 17.8 Å². The third-order valence-electron chi connectivity index (χ3n) is 1.09. The molecule has 0 saturated heterocycles. The molecule has 1 unspecified atom stereocenters. The summed E-state index contributed by atoms with van der Waals surface area (Å²) < 4.78 is 35.4. The number of ether oxygens (including phenoxy) is 1. The van der Waals surface area contributed by atoms with Crippen molar-refractivity contribution in [3.05, 3.63) is 0 Å². The molecule has 1 amide bonds. The Bertz CT molecular complexity index is 252. The molecule has 0 rings (SSSR count). The minimum atomic E-state index is -4.75. The molecule has 0 radical (unpaired) electrons. The second-order valence-corrected chi connectivity index (χ2v) is 3.29. The Morgan fingerprint density at radius 2 is 2.08 bits per heavy atom. The molecule has 0 aliphatic heterocycles. The van der Waals surface area contributed by atoms with Crippen molar-refractivity contribution in [2.45, 2.75) is 26.4 Å². The molecule has 72 valence electrons. The molecule has 0 aromatic heterocycles. The van der Waals surface area contributed by atoms with Crippen LogP contribution in [0.15, 0.2) is 0 Å². The molecule has 0 saturated carbocycles. The van der Waals surface area contributed by atoms with E-state index in [1.165, 1.54) is 0 Å². The fourth-order valence-corrected chi connectivity index (χ4v) is 0.644. The minimum absolute atomic E-state index is 0.